The van der Waals surface area contributed by atoms with Gasteiger partial charge in [0, 0.05) is 12.7 Å². The maximum Gasteiger partial charge on any atom is 0.238 e. The molecule has 0 aliphatic carbocycles. The molecule has 0 aromatic heterocycles. The third kappa shape index (κ3) is 5.07. The predicted molar refractivity (Wildman–Crippen MR) is 80.7 cm³/mol. The van der Waals surface area contributed by atoms with Crippen LogP contribution in [0.1, 0.15) is 6.92 Å². The average molecular weight is 299 g/mol. The van der Waals surface area contributed by atoms with Crippen LogP contribution in [0.3, 0.4) is 0 Å². The molecule has 0 aliphatic heterocycles. The van der Waals surface area contributed by atoms with Crippen LogP contribution in [-0.4, -0.2) is 43.4 Å². The number of likely N-dealkylation sites (N-methyl/N-ethyl adjacent to an activating group) is 2. The number of amides is 2. The van der Waals surface area contributed by atoms with E-state index in [0.717, 1.165) is 0 Å². The Hall–Kier alpha value is -1.79. The van der Waals surface area contributed by atoms with Crippen molar-refractivity contribution >= 4 is 34.8 Å². The zero-order valence-electron chi connectivity index (χ0n) is 11.6. The SMILES string of the molecule is CCN(CC(=O)NC)CC(=O)Nc1ccc(N)cc1Cl. The summed E-state index contributed by atoms with van der Waals surface area (Å²) >= 11 is 5.98. The number of carbonyl (C=O) groups excluding carboxylic acids is 2. The highest BCUT2D eigenvalue weighted by molar-refractivity contribution is 6.34. The van der Waals surface area contributed by atoms with E-state index in [9.17, 15) is 9.59 Å². The van der Waals surface area contributed by atoms with Crippen LogP contribution in [0.15, 0.2) is 18.2 Å². The van der Waals surface area contributed by atoms with Crippen molar-refractivity contribution in [2.75, 3.05) is 37.7 Å². The molecule has 2 amide bonds. The molecule has 1 rings (SSSR count). The molecule has 0 saturated carbocycles. The van der Waals surface area contributed by atoms with Gasteiger partial charge in [-0.05, 0) is 24.7 Å². The molecule has 0 bridgehead atoms. The number of nitrogens with zero attached hydrogens (tertiary/aromatic N) is 1. The van der Waals surface area contributed by atoms with Crippen molar-refractivity contribution < 1.29 is 9.59 Å². The van der Waals surface area contributed by atoms with Crippen molar-refractivity contribution in [3.63, 3.8) is 0 Å². The standard InChI is InChI=1S/C13H19ClN4O2/c1-3-18(7-12(19)16-2)8-13(20)17-11-5-4-9(15)6-10(11)14/h4-6H,3,7-8,15H2,1-2H3,(H,16,19)(H,17,20). The lowest BCUT2D eigenvalue weighted by Gasteiger charge is -2.19. The number of nitrogens with two attached hydrogens (primary N) is 1. The maximum absolute atomic E-state index is 11.9. The third-order valence-electron chi connectivity index (χ3n) is 2.73. The molecular formula is C13H19ClN4O2. The van der Waals surface area contributed by atoms with Crippen LogP contribution in [0.2, 0.25) is 5.02 Å². The molecule has 1 aromatic rings. The first-order valence-electron chi connectivity index (χ1n) is 6.24. The van der Waals surface area contributed by atoms with Gasteiger partial charge in [-0.1, -0.05) is 18.5 Å². The highest BCUT2D eigenvalue weighted by Crippen LogP contribution is 2.23. The Balaban J connectivity index is 2.59. The van der Waals surface area contributed by atoms with Crippen LogP contribution in [-0.2, 0) is 9.59 Å². The first-order valence-corrected chi connectivity index (χ1v) is 6.61. The number of nitrogens with one attached hydrogen (secondary N) is 2. The second-order valence-electron chi connectivity index (χ2n) is 4.26. The average Bonchev–Trinajstić information content (AvgIpc) is 2.41. The van der Waals surface area contributed by atoms with Crippen molar-refractivity contribution in [1.29, 1.82) is 0 Å². The van der Waals surface area contributed by atoms with Crippen LogP contribution < -0.4 is 16.4 Å². The Morgan fingerprint density at radius 2 is 1.95 bits per heavy atom. The first-order chi connectivity index (χ1) is 9.46. The summed E-state index contributed by atoms with van der Waals surface area (Å²) in [6, 6.07) is 4.87. The Morgan fingerprint density at radius 3 is 2.50 bits per heavy atom. The molecule has 0 fully saturated rings. The Labute approximate surface area is 123 Å². The van der Waals surface area contributed by atoms with E-state index < -0.39 is 0 Å². The number of halogens is 1. The van der Waals surface area contributed by atoms with E-state index >= 15 is 0 Å². The number of hydrogen-bond acceptors (Lipinski definition) is 4. The number of rotatable bonds is 6. The summed E-state index contributed by atoms with van der Waals surface area (Å²) < 4.78 is 0. The molecule has 0 radical (unpaired) electrons. The van der Waals surface area contributed by atoms with Gasteiger partial charge in [0.25, 0.3) is 0 Å². The molecule has 0 spiro atoms. The summed E-state index contributed by atoms with van der Waals surface area (Å²) in [5.74, 6) is -0.368. The normalized spacial score (nSPS) is 10.4. The third-order valence-corrected chi connectivity index (χ3v) is 3.04. The monoisotopic (exact) mass is 298 g/mol. The summed E-state index contributed by atoms with van der Waals surface area (Å²) in [5.41, 5.74) is 6.61. The maximum atomic E-state index is 11.9. The first kappa shape index (κ1) is 16.3. The molecule has 0 atom stereocenters. The lowest BCUT2D eigenvalue weighted by Crippen LogP contribution is -2.40. The van der Waals surface area contributed by atoms with E-state index in [1.54, 1.807) is 30.1 Å². The Morgan fingerprint density at radius 1 is 1.30 bits per heavy atom. The van der Waals surface area contributed by atoms with Crippen molar-refractivity contribution in [2.45, 2.75) is 6.92 Å². The zero-order valence-corrected chi connectivity index (χ0v) is 12.3. The van der Waals surface area contributed by atoms with Gasteiger partial charge in [0.1, 0.15) is 0 Å². The molecule has 20 heavy (non-hydrogen) atoms. The fraction of sp³-hybridized carbons (Fsp3) is 0.385. The van der Waals surface area contributed by atoms with Crippen LogP contribution in [0.4, 0.5) is 11.4 Å². The summed E-state index contributed by atoms with van der Waals surface area (Å²) in [5, 5.41) is 5.60. The quantitative estimate of drug-likeness (QED) is 0.682. The molecule has 1 aromatic carbocycles. The van der Waals surface area contributed by atoms with E-state index in [1.807, 2.05) is 6.92 Å². The lowest BCUT2D eigenvalue weighted by atomic mass is 10.3. The number of carbonyl (C=O) groups is 2. The highest BCUT2D eigenvalue weighted by atomic mass is 35.5. The second kappa shape index (κ2) is 7.72. The lowest BCUT2D eigenvalue weighted by molar-refractivity contribution is -0.123. The molecule has 4 N–H and O–H groups in total. The number of benzene rings is 1. The van der Waals surface area contributed by atoms with E-state index in [-0.39, 0.29) is 24.9 Å². The van der Waals surface area contributed by atoms with Gasteiger partial charge in [-0.15, -0.1) is 0 Å². The Bertz CT molecular complexity index is 493. The van der Waals surface area contributed by atoms with Gasteiger partial charge in [-0.25, -0.2) is 0 Å². The summed E-state index contributed by atoms with van der Waals surface area (Å²) in [4.78, 5) is 24.9. The van der Waals surface area contributed by atoms with Gasteiger partial charge in [-0.3, -0.25) is 14.5 Å². The fourth-order valence-corrected chi connectivity index (χ4v) is 1.82. The highest BCUT2D eigenvalue weighted by Gasteiger charge is 2.13. The topological polar surface area (TPSA) is 87.5 Å². The van der Waals surface area contributed by atoms with E-state index in [4.69, 9.17) is 17.3 Å². The molecule has 0 unspecified atom stereocenters. The smallest absolute Gasteiger partial charge is 0.238 e. The largest absolute Gasteiger partial charge is 0.399 e. The number of anilines is 2. The molecule has 7 heteroatoms. The van der Waals surface area contributed by atoms with Crippen LogP contribution in [0, 0.1) is 0 Å². The predicted octanol–water partition coefficient (Wildman–Crippen LogP) is 0.929. The molecule has 0 saturated heterocycles. The van der Waals surface area contributed by atoms with Gasteiger partial charge >= 0.3 is 0 Å². The summed E-state index contributed by atoms with van der Waals surface area (Å²) in [6.07, 6.45) is 0. The van der Waals surface area contributed by atoms with Crippen LogP contribution >= 0.6 is 11.6 Å². The fourth-order valence-electron chi connectivity index (χ4n) is 1.59. The van der Waals surface area contributed by atoms with E-state index in [1.165, 1.54) is 0 Å². The van der Waals surface area contributed by atoms with Crippen molar-refractivity contribution in [3.8, 4) is 0 Å². The van der Waals surface area contributed by atoms with Crippen LogP contribution in [0.25, 0.3) is 0 Å². The van der Waals surface area contributed by atoms with Crippen molar-refractivity contribution in [2.24, 2.45) is 0 Å². The van der Waals surface area contributed by atoms with Crippen molar-refractivity contribution in [3.05, 3.63) is 23.2 Å². The zero-order chi connectivity index (χ0) is 15.1. The van der Waals surface area contributed by atoms with Crippen molar-refractivity contribution in [1.82, 2.24) is 10.2 Å². The molecular weight excluding hydrogens is 280 g/mol. The molecule has 0 aliphatic rings. The number of hydrogen-bond donors (Lipinski definition) is 3. The van der Waals surface area contributed by atoms with E-state index in [0.29, 0.717) is 22.9 Å². The minimum Gasteiger partial charge on any atom is -0.399 e. The Kier molecular flexibility index (Phi) is 6.27. The minimum absolute atomic E-state index is 0.116. The number of nitrogen functional groups attached to an aromatic ring is 1. The molecule has 110 valence electrons. The molecule has 6 nitrogen and oxygen atoms in total. The van der Waals surface area contributed by atoms with Gasteiger partial charge in [0.05, 0.1) is 23.8 Å². The van der Waals surface area contributed by atoms with E-state index in [2.05, 4.69) is 10.6 Å². The molecule has 0 heterocycles. The van der Waals surface area contributed by atoms with Gasteiger partial charge in [0.2, 0.25) is 11.8 Å². The summed E-state index contributed by atoms with van der Waals surface area (Å²) in [7, 11) is 1.56. The second-order valence-corrected chi connectivity index (χ2v) is 4.67. The minimum atomic E-state index is -0.234. The van der Waals surface area contributed by atoms with Gasteiger partial charge in [0.15, 0.2) is 0 Å². The van der Waals surface area contributed by atoms with Gasteiger partial charge < -0.3 is 16.4 Å². The van der Waals surface area contributed by atoms with Crippen LogP contribution in [0.5, 0.6) is 0 Å². The summed E-state index contributed by atoms with van der Waals surface area (Å²) in [6.45, 7) is 2.77. The van der Waals surface area contributed by atoms with Gasteiger partial charge in [-0.2, -0.15) is 0 Å².